The Kier molecular flexibility index (Phi) is 8.59. The first kappa shape index (κ1) is 21.6. The van der Waals surface area contributed by atoms with Gasteiger partial charge in [-0.3, -0.25) is 0 Å². The van der Waals surface area contributed by atoms with Crippen molar-refractivity contribution in [2.75, 3.05) is 13.1 Å². The Bertz CT molecular complexity index is 668. The molecule has 1 fully saturated rings. The minimum absolute atomic E-state index is 0. The Morgan fingerprint density at radius 2 is 1.80 bits per heavy atom. The third kappa shape index (κ3) is 5.05. The van der Waals surface area contributed by atoms with E-state index in [1.54, 1.807) is 24.3 Å². The van der Waals surface area contributed by atoms with Crippen LogP contribution < -0.4 is 15.8 Å². The largest absolute Gasteiger partial charge is 0.451 e. The number of nitrogens with two attached hydrogens (primary N) is 1. The predicted molar refractivity (Wildman–Crippen MR) is 99.9 cm³/mol. The molecule has 0 spiro atoms. The molecule has 2 aromatic carbocycles. The van der Waals surface area contributed by atoms with Crippen LogP contribution >= 0.6 is 24.8 Å². The van der Waals surface area contributed by atoms with E-state index in [1.165, 1.54) is 12.1 Å². The smallest absolute Gasteiger partial charge is 0.198 e. The number of ether oxygens (including phenoxy) is 1. The van der Waals surface area contributed by atoms with Gasteiger partial charge in [-0.2, -0.15) is 0 Å². The van der Waals surface area contributed by atoms with Crippen molar-refractivity contribution in [3.05, 3.63) is 59.7 Å². The van der Waals surface area contributed by atoms with Crippen molar-refractivity contribution in [2.45, 2.75) is 18.9 Å². The molecule has 1 heterocycles. The Hall–Kier alpha value is -1.40. The highest BCUT2D eigenvalue weighted by Gasteiger charge is 2.26. The molecule has 0 amide bonds. The summed E-state index contributed by atoms with van der Waals surface area (Å²) >= 11 is 0. The van der Waals surface area contributed by atoms with E-state index >= 15 is 0 Å². The standard InChI is InChI=1S/C18H20F2N2O.2ClH/c19-15-9-8-14(17(21)12-5-4-10-22-11-12)16(20)18(15)23-13-6-2-1-3-7-13;;/h1-3,6-9,12,17,22H,4-5,10-11,21H2;2*1H. The van der Waals surface area contributed by atoms with Crippen LogP contribution in [0.15, 0.2) is 42.5 Å². The number of para-hydroxylation sites is 1. The van der Waals surface area contributed by atoms with E-state index < -0.39 is 23.4 Å². The van der Waals surface area contributed by atoms with E-state index in [9.17, 15) is 8.78 Å². The summed E-state index contributed by atoms with van der Waals surface area (Å²) in [5, 5.41) is 3.26. The summed E-state index contributed by atoms with van der Waals surface area (Å²) in [6, 6.07) is 10.7. The fraction of sp³-hybridized carbons (Fsp3) is 0.333. The zero-order valence-corrected chi connectivity index (χ0v) is 15.2. The van der Waals surface area contributed by atoms with E-state index in [0.29, 0.717) is 11.3 Å². The molecule has 25 heavy (non-hydrogen) atoms. The number of halogens is 4. The maximum absolute atomic E-state index is 14.8. The summed E-state index contributed by atoms with van der Waals surface area (Å²) in [4.78, 5) is 0. The van der Waals surface area contributed by atoms with Crippen molar-refractivity contribution >= 4 is 24.8 Å². The highest BCUT2D eigenvalue weighted by Crippen LogP contribution is 2.34. The van der Waals surface area contributed by atoms with Gasteiger partial charge >= 0.3 is 0 Å². The number of benzene rings is 2. The van der Waals surface area contributed by atoms with Crippen molar-refractivity contribution < 1.29 is 13.5 Å². The van der Waals surface area contributed by atoms with Gasteiger partial charge < -0.3 is 15.8 Å². The van der Waals surface area contributed by atoms with Crippen LogP contribution in [0, 0.1) is 17.6 Å². The molecular weight excluding hydrogens is 369 g/mol. The van der Waals surface area contributed by atoms with Gasteiger partial charge in [-0.15, -0.1) is 24.8 Å². The number of rotatable bonds is 4. The summed E-state index contributed by atoms with van der Waals surface area (Å²) in [5.41, 5.74) is 6.52. The zero-order chi connectivity index (χ0) is 16.2. The second-order valence-electron chi connectivity index (χ2n) is 5.83. The van der Waals surface area contributed by atoms with Crippen molar-refractivity contribution in [3.8, 4) is 11.5 Å². The molecule has 0 aliphatic carbocycles. The van der Waals surface area contributed by atoms with Gasteiger partial charge in [0.05, 0.1) is 0 Å². The Morgan fingerprint density at radius 1 is 1.08 bits per heavy atom. The highest BCUT2D eigenvalue weighted by molar-refractivity contribution is 5.85. The van der Waals surface area contributed by atoms with Crippen LogP contribution in [-0.2, 0) is 0 Å². The van der Waals surface area contributed by atoms with Crippen LogP contribution in [0.1, 0.15) is 24.4 Å². The van der Waals surface area contributed by atoms with Crippen molar-refractivity contribution in [1.29, 1.82) is 0 Å². The van der Waals surface area contributed by atoms with Crippen LogP contribution in [-0.4, -0.2) is 13.1 Å². The fourth-order valence-electron chi connectivity index (χ4n) is 2.94. The maximum atomic E-state index is 14.8. The minimum Gasteiger partial charge on any atom is -0.451 e. The Morgan fingerprint density at radius 3 is 2.44 bits per heavy atom. The lowest BCUT2D eigenvalue weighted by molar-refractivity contribution is 0.317. The van der Waals surface area contributed by atoms with Crippen molar-refractivity contribution in [1.82, 2.24) is 5.32 Å². The summed E-state index contributed by atoms with van der Waals surface area (Å²) in [6.07, 6.45) is 1.94. The molecule has 2 unspecified atom stereocenters. The third-order valence-electron chi connectivity index (χ3n) is 4.24. The van der Waals surface area contributed by atoms with Gasteiger partial charge in [-0.1, -0.05) is 24.3 Å². The molecule has 3 rings (SSSR count). The van der Waals surface area contributed by atoms with Crippen LogP contribution in [0.25, 0.3) is 0 Å². The van der Waals surface area contributed by atoms with Crippen LogP contribution in [0.3, 0.4) is 0 Å². The lowest BCUT2D eigenvalue weighted by atomic mass is 9.87. The summed E-state index contributed by atoms with van der Waals surface area (Å²) in [7, 11) is 0. The SMILES string of the molecule is Cl.Cl.NC(c1ccc(F)c(Oc2ccccc2)c1F)C1CCCNC1. The lowest BCUT2D eigenvalue weighted by Gasteiger charge is -2.29. The van der Waals surface area contributed by atoms with Crippen molar-refractivity contribution in [2.24, 2.45) is 11.7 Å². The summed E-state index contributed by atoms with van der Waals surface area (Å²) in [6.45, 7) is 1.70. The molecule has 1 aliphatic heterocycles. The van der Waals surface area contributed by atoms with Crippen LogP contribution in [0.2, 0.25) is 0 Å². The highest BCUT2D eigenvalue weighted by atomic mass is 35.5. The first-order valence-corrected chi connectivity index (χ1v) is 7.84. The average molecular weight is 391 g/mol. The van der Waals surface area contributed by atoms with Gasteiger partial charge in [-0.25, -0.2) is 8.78 Å². The number of hydrogen-bond acceptors (Lipinski definition) is 3. The normalized spacial score (nSPS) is 17.8. The molecule has 3 nitrogen and oxygen atoms in total. The Balaban J connectivity index is 0.00000156. The molecule has 0 radical (unpaired) electrons. The predicted octanol–water partition coefficient (Wildman–Crippen LogP) is 4.60. The van der Waals surface area contributed by atoms with E-state index in [4.69, 9.17) is 10.5 Å². The van der Waals surface area contributed by atoms with E-state index in [2.05, 4.69) is 5.32 Å². The van der Waals surface area contributed by atoms with E-state index in [1.807, 2.05) is 6.07 Å². The quantitative estimate of drug-likeness (QED) is 0.801. The van der Waals surface area contributed by atoms with Gasteiger partial charge in [0.2, 0.25) is 0 Å². The second kappa shape index (κ2) is 9.92. The molecule has 0 aromatic heterocycles. The molecule has 2 aromatic rings. The fourth-order valence-corrected chi connectivity index (χ4v) is 2.94. The number of piperidine rings is 1. The van der Waals surface area contributed by atoms with E-state index in [-0.39, 0.29) is 30.7 Å². The van der Waals surface area contributed by atoms with E-state index in [0.717, 1.165) is 25.9 Å². The molecule has 1 aliphatic rings. The molecule has 0 bridgehead atoms. The average Bonchev–Trinajstić information content (AvgIpc) is 2.60. The molecule has 0 saturated carbocycles. The molecule has 7 heteroatoms. The molecule has 1 saturated heterocycles. The maximum Gasteiger partial charge on any atom is 0.198 e. The third-order valence-corrected chi connectivity index (χ3v) is 4.24. The van der Waals surface area contributed by atoms with Gasteiger partial charge in [0.15, 0.2) is 17.4 Å². The van der Waals surface area contributed by atoms with Gasteiger partial charge in [0.1, 0.15) is 5.75 Å². The van der Waals surface area contributed by atoms with Crippen molar-refractivity contribution in [3.63, 3.8) is 0 Å². The van der Waals surface area contributed by atoms with Gasteiger partial charge in [0.25, 0.3) is 0 Å². The summed E-state index contributed by atoms with van der Waals surface area (Å²) < 4.78 is 34.2. The summed E-state index contributed by atoms with van der Waals surface area (Å²) in [5.74, 6) is -1.33. The van der Waals surface area contributed by atoms with Crippen LogP contribution in [0.5, 0.6) is 11.5 Å². The molecular formula is C18H22Cl2F2N2O. The minimum atomic E-state index is -0.732. The molecule has 2 atom stereocenters. The lowest BCUT2D eigenvalue weighted by Crippen LogP contribution is -2.36. The topological polar surface area (TPSA) is 47.3 Å². The number of hydrogen-bond donors (Lipinski definition) is 2. The Labute approximate surface area is 158 Å². The second-order valence-corrected chi connectivity index (χ2v) is 5.83. The monoisotopic (exact) mass is 390 g/mol. The van der Waals surface area contributed by atoms with Gasteiger partial charge in [0, 0.05) is 11.6 Å². The molecule has 138 valence electrons. The first-order valence-electron chi connectivity index (χ1n) is 7.84. The molecule has 3 N–H and O–H groups in total. The number of nitrogens with one attached hydrogen (secondary N) is 1. The zero-order valence-electron chi connectivity index (χ0n) is 13.6. The first-order chi connectivity index (χ1) is 11.2. The van der Waals surface area contributed by atoms with Crippen LogP contribution in [0.4, 0.5) is 8.78 Å². The van der Waals surface area contributed by atoms with Gasteiger partial charge in [-0.05, 0) is 50.0 Å².